The van der Waals surface area contributed by atoms with Crippen LogP contribution in [0.3, 0.4) is 0 Å². The van der Waals surface area contributed by atoms with Crippen molar-refractivity contribution >= 4 is 37.5 Å². The van der Waals surface area contributed by atoms with E-state index in [9.17, 15) is 4.21 Å². The van der Waals surface area contributed by atoms with Gasteiger partial charge < -0.3 is 5.32 Å². The van der Waals surface area contributed by atoms with Crippen LogP contribution in [0, 0.1) is 6.92 Å². The molecule has 0 spiro atoms. The van der Waals surface area contributed by atoms with Gasteiger partial charge >= 0.3 is 0 Å². The summed E-state index contributed by atoms with van der Waals surface area (Å²) in [6.07, 6.45) is 0. The number of benzene rings is 1. The largest absolute Gasteiger partial charge is 0.361 e. The van der Waals surface area contributed by atoms with Crippen molar-refractivity contribution in [2.45, 2.75) is 13.8 Å². The topological polar surface area (TPSA) is 42.0 Å². The summed E-state index contributed by atoms with van der Waals surface area (Å²) in [6, 6.07) is 6.19. The molecule has 0 radical (unpaired) electrons. The zero-order valence-electron chi connectivity index (χ0n) is 10.0. The average molecular weight is 268 g/mol. The standard InChI is InChI=1S/C12H16N2OS2/c1-3-17(15)8-7-13-12-14-11-9(2)5-4-6-10(11)16-12/h4-6H,3,7-8H2,1-2H3,(H,13,14). The number of hydrogen-bond donors (Lipinski definition) is 1. The predicted molar refractivity (Wildman–Crippen MR) is 76.4 cm³/mol. The molecule has 2 rings (SSSR count). The molecular formula is C12H16N2OS2. The highest BCUT2D eigenvalue weighted by Crippen LogP contribution is 2.27. The minimum atomic E-state index is -0.708. The van der Waals surface area contributed by atoms with Crippen LogP contribution in [0.2, 0.25) is 0 Å². The lowest BCUT2D eigenvalue weighted by Crippen LogP contribution is -2.11. The summed E-state index contributed by atoms with van der Waals surface area (Å²) >= 11 is 1.65. The van der Waals surface area contributed by atoms with E-state index in [2.05, 4.69) is 29.4 Å². The molecular weight excluding hydrogens is 252 g/mol. The number of fused-ring (bicyclic) bond motifs is 1. The molecule has 0 bridgehead atoms. The first-order chi connectivity index (χ1) is 8.20. The Morgan fingerprint density at radius 1 is 1.47 bits per heavy atom. The first-order valence-corrected chi connectivity index (χ1v) is 7.96. The van der Waals surface area contributed by atoms with Gasteiger partial charge in [0.25, 0.3) is 0 Å². The van der Waals surface area contributed by atoms with Crippen LogP contribution in [0.15, 0.2) is 18.2 Å². The van der Waals surface area contributed by atoms with Gasteiger partial charge in [0.15, 0.2) is 5.13 Å². The van der Waals surface area contributed by atoms with Crippen LogP contribution >= 0.6 is 11.3 Å². The fourth-order valence-electron chi connectivity index (χ4n) is 1.58. The van der Waals surface area contributed by atoms with Crippen LogP contribution in [0.1, 0.15) is 12.5 Å². The molecule has 0 aliphatic carbocycles. The highest BCUT2D eigenvalue weighted by Gasteiger charge is 2.05. The van der Waals surface area contributed by atoms with E-state index in [0.717, 1.165) is 22.9 Å². The van der Waals surface area contributed by atoms with Crippen molar-refractivity contribution in [3.63, 3.8) is 0 Å². The predicted octanol–water partition coefficient (Wildman–Crippen LogP) is 2.79. The molecule has 0 aliphatic rings. The first kappa shape index (κ1) is 12.5. The van der Waals surface area contributed by atoms with E-state index in [1.54, 1.807) is 11.3 Å². The Morgan fingerprint density at radius 2 is 2.29 bits per heavy atom. The Morgan fingerprint density at radius 3 is 3.00 bits per heavy atom. The van der Waals surface area contributed by atoms with Crippen molar-refractivity contribution in [2.24, 2.45) is 0 Å². The summed E-state index contributed by atoms with van der Waals surface area (Å²) in [5, 5.41) is 4.16. The second-order valence-electron chi connectivity index (χ2n) is 3.80. The minimum absolute atomic E-state index is 0.686. The maximum absolute atomic E-state index is 11.3. The van der Waals surface area contributed by atoms with Gasteiger partial charge in [0.1, 0.15) is 0 Å². The van der Waals surface area contributed by atoms with Gasteiger partial charge in [-0.2, -0.15) is 0 Å². The fraction of sp³-hybridized carbons (Fsp3) is 0.417. The third-order valence-electron chi connectivity index (χ3n) is 2.55. The quantitative estimate of drug-likeness (QED) is 0.906. The summed E-state index contributed by atoms with van der Waals surface area (Å²) in [5.41, 5.74) is 2.26. The molecule has 2 aromatic rings. The zero-order valence-corrected chi connectivity index (χ0v) is 11.7. The van der Waals surface area contributed by atoms with Crippen LogP contribution in [0.25, 0.3) is 10.2 Å². The number of aromatic nitrogens is 1. The second-order valence-corrected chi connectivity index (χ2v) is 6.70. The lowest BCUT2D eigenvalue weighted by Gasteiger charge is -2.00. The summed E-state index contributed by atoms with van der Waals surface area (Å²) in [4.78, 5) is 4.54. The smallest absolute Gasteiger partial charge is 0.183 e. The van der Waals surface area contributed by atoms with E-state index in [0.29, 0.717) is 5.75 Å². The molecule has 92 valence electrons. The molecule has 1 unspecified atom stereocenters. The lowest BCUT2D eigenvalue weighted by atomic mass is 10.2. The number of aryl methyl sites for hydroxylation is 1. The molecule has 1 atom stereocenters. The third kappa shape index (κ3) is 3.04. The lowest BCUT2D eigenvalue weighted by molar-refractivity contribution is 0.684. The van der Waals surface area contributed by atoms with Crippen molar-refractivity contribution in [2.75, 3.05) is 23.4 Å². The molecule has 5 heteroatoms. The van der Waals surface area contributed by atoms with Crippen LogP contribution in [0.4, 0.5) is 5.13 Å². The average Bonchev–Trinajstić information content (AvgIpc) is 2.73. The number of nitrogens with zero attached hydrogens (tertiary/aromatic N) is 1. The number of hydrogen-bond acceptors (Lipinski definition) is 4. The molecule has 0 saturated carbocycles. The van der Waals surface area contributed by atoms with Gasteiger partial charge in [0.2, 0.25) is 0 Å². The van der Waals surface area contributed by atoms with Crippen molar-refractivity contribution < 1.29 is 4.21 Å². The van der Waals surface area contributed by atoms with Gasteiger partial charge in [0, 0.05) is 28.9 Å². The number of nitrogens with one attached hydrogen (secondary N) is 1. The number of anilines is 1. The van der Waals surface area contributed by atoms with Gasteiger partial charge in [0.05, 0.1) is 10.2 Å². The Labute approximate surface area is 108 Å². The minimum Gasteiger partial charge on any atom is -0.361 e. The van der Waals surface area contributed by atoms with Gasteiger partial charge in [-0.1, -0.05) is 30.4 Å². The highest BCUT2D eigenvalue weighted by atomic mass is 32.2. The molecule has 17 heavy (non-hydrogen) atoms. The molecule has 1 N–H and O–H groups in total. The maximum atomic E-state index is 11.3. The van der Waals surface area contributed by atoms with Crippen LogP contribution < -0.4 is 5.32 Å². The van der Waals surface area contributed by atoms with E-state index < -0.39 is 10.8 Å². The van der Waals surface area contributed by atoms with Gasteiger partial charge in [-0.05, 0) is 18.6 Å². The normalized spacial score (nSPS) is 12.8. The second kappa shape index (κ2) is 5.60. The Hall–Kier alpha value is -0.940. The van der Waals surface area contributed by atoms with Crippen molar-refractivity contribution in [1.82, 2.24) is 4.98 Å². The van der Waals surface area contributed by atoms with E-state index in [-0.39, 0.29) is 0 Å². The van der Waals surface area contributed by atoms with Gasteiger partial charge in [-0.25, -0.2) is 4.98 Å². The number of thiazole rings is 1. The fourth-order valence-corrected chi connectivity index (χ4v) is 3.17. The number of para-hydroxylation sites is 1. The van der Waals surface area contributed by atoms with Gasteiger partial charge in [-0.3, -0.25) is 4.21 Å². The van der Waals surface area contributed by atoms with Crippen molar-refractivity contribution in [1.29, 1.82) is 0 Å². The summed E-state index contributed by atoms with van der Waals surface area (Å²) < 4.78 is 12.5. The summed E-state index contributed by atoms with van der Waals surface area (Å²) in [7, 11) is -0.708. The van der Waals surface area contributed by atoms with Crippen LogP contribution in [-0.4, -0.2) is 27.2 Å². The number of rotatable bonds is 5. The van der Waals surface area contributed by atoms with E-state index in [4.69, 9.17) is 0 Å². The monoisotopic (exact) mass is 268 g/mol. The Balaban J connectivity index is 2.05. The Bertz CT molecular complexity index is 536. The first-order valence-electron chi connectivity index (χ1n) is 5.65. The SMILES string of the molecule is CCS(=O)CCNc1nc2c(C)cccc2s1. The highest BCUT2D eigenvalue weighted by molar-refractivity contribution is 7.84. The molecule has 0 amide bonds. The summed E-state index contributed by atoms with van der Waals surface area (Å²) in [6.45, 7) is 4.73. The van der Waals surface area contributed by atoms with Crippen LogP contribution in [0.5, 0.6) is 0 Å². The molecule has 0 aliphatic heterocycles. The van der Waals surface area contributed by atoms with Crippen LogP contribution in [-0.2, 0) is 10.8 Å². The van der Waals surface area contributed by atoms with E-state index >= 15 is 0 Å². The maximum Gasteiger partial charge on any atom is 0.183 e. The van der Waals surface area contributed by atoms with Crippen molar-refractivity contribution in [3.8, 4) is 0 Å². The summed E-state index contributed by atoms with van der Waals surface area (Å²) in [5.74, 6) is 1.41. The third-order valence-corrected chi connectivity index (χ3v) is 4.83. The molecule has 3 nitrogen and oxygen atoms in total. The zero-order chi connectivity index (χ0) is 12.3. The molecule has 1 aromatic heterocycles. The van der Waals surface area contributed by atoms with E-state index in [1.165, 1.54) is 10.3 Å². The Kier molecular flexibility index (Phi) is 4.12. The molecule has 0 fully saturated rings. The van der Waals surface area contributed by atoms with Gasteiger partial charge in [-0.15, -0.1) is 0 Å². The van der Waals surface area contributed by atoms with Crippen molar-refractivity contribution in [3.05, 3.63) is 23.8 Å². The molecule has 0 saturated heterocycles. The molecule has 1 aromatic carbocycles. The van der Waals surface area contributed by atoms with E-state index in [1.807, 2.05) is 13.0 Å². The molecule has 1 heterocycles.